The normalized spacial score (nSPS) is 9.75. The molecule has 0 atom stereocenters. The summed E-state index contributed by atoms with van der Waals surface area (Å²) in [6, 6.07) is 9.23. The van der Waals surface area contributed by atoms with E-state index in [0.717, 1.165) is 5.56 Å². The molecule has 7 nitrogen and oxygen atoms in total. The van der Waals surface area contributed by atoms with E-state index in [1.54, 1.807) is 12.1 Å². The fourth-order valence-electron chi connectivity index (χ4n) is 1.53. The molecular formula is C13H10N4O3. The van der Waals surface area contributed by atoms with Crippen LogP contribution in [-0.4, -0.2) is 9.91 Å². The second kappa shape index (κ2) is 5.67. The summed E-state index contributed by atoms with van der Waals surface area (Å²) in [4.78, 5) is 14.2. The number of nitro groups is 1. The van der Waals surface area contributed by atoms with Gasteiger partial charge in [-0.05, 0) is 18.2 Å². The van der Waals surface area contributed by atoms with Crippen LogP contribution in [0, 0.1) is 21.4 Å². The number of aromatic nitrogens is 1. The zero-order chi connectivity index (χ0) is 14.5. The van der Waals surface area contributed by atoms with Crippen molar-refractivity contribution in [2.75, 3.05) is 5.73 Å². The molecule has 100 valence electrons. The van der Waals surface area contributed by atoms with Gasteiger partial charge >= 0.3 is 5.69 Å². The van der Waals surface area contributed by atoms with Gasteiger partial charge in [-0.25, -0.2) is 4.98 Å². The van der Waals surface area contributed by atoms with Crippen molar-refractivity contribution in [3.05, 3.63) is 57.8 Å². The van der Waals surface area contributed by atoms with Crippen molar-refractivity contribution < 1.29 is 9.66 Å². The van der Waals surface area contributed by atoms with Crippen molar-refractivity contribution in [2.24, 2.45) is 0 Å². The van der Waals surface area contributed by atoms with Gasteiger partial charge in [0.1, 0.15) is 12.4 Å². The van der Waals surface area contributed by atoms with Gasteiger partial charge in [0.25, 0.3) is 0 Å². The molecule has 0 fully saturated rings. The molecule has 0 radical (unpaired) electrons. The van der Waals surface area contributed by atoms with Crippen molar-refractivity contribution in [3.8, 4) is 11.8 Å². The standard InChI is InChI=1S/C13H10N4O3/c14-6-9-1-3-12(11(5-9)17(18)19)20-8-10-2-4-13(15)16-7-10/h1-5,7H,8H2,(H2,15,16). The summed E-state index contributed by atoms with van der Waals surface area (Å²) in [5.41, 5.74) is 6.16. The second-order valence-electron chi connectivity index (χ2n) is 3.93. The second-order valence-corrected chi connectivity index (χ2v) is 3.93. The van der Waals surface area contributed by atoms with E-state index in [1.807, 2.05) is 6.07 Å². The van der Waals surface area contributed by atoms with E-state index in [9.17, 15) is 10.1 Å². The number of nitriles is 1. The van der Waals surface area contributed by atoms with E-state index < -0.39 is 4.92 Å². The number of nitrogens with two attached hydrogens (primary N) is 1. The molecule has 0 spiro atoms. The predicted octanol–water partition coefficient (Wildman–Crippen LogP) is 2.02. The minimum atomic E-state index is -0.586. The molecule has 0 amide bonds. The lowest BCUT2D eigenvalue weighted by Crippen LogP contribution is -2.00. The maximum Gasteiger partial charge on any atom is 0.312 e. The summed E-state index contributed by atoms with van der Waals surface area (Å²) in [5, 5.41) is 19.7. The predicted molar refractivity (Wildman–Crippen MR) is 70.8 cm³/mol. The molecule has 1 aromatic heterocycles. The minimum Gasteiger partial charge on any atom is -0.482 e. The summed E-state index contributed by atoms with van der Waals surface area (Å²) in [6.45, 7) is 0.125. The third-order valence-electron chi connectivity index (χ3n) is 2.53. The Morgan fingerprint density at radius 1 is 1.40 bits per heavy atom. The molecule has 0 bridgehead atoms. The molecule has 0 aliphatic carbocycles. The summed E-state index contributed by atoms with van der Waals surface area (Å²) >= 11 is 0. The summed E-state index contributed by atoms with van der Waals surface area (Å²) in [5.74, 6) is 0.490. The van der Waals surface area contributed by atoms with Crippen LogP contribution in [0.3, 0.4) is 0 Å². The Bertz CT molecular complexity index is 677. The quantitative estimate of drug-likeness (QED) is 0.671. The van der Waals surface area contributed by atoms with Gasteiger partial charge in [0.05, 0.1) is 16.6 Å². The van der Waals surface area contributed by atoms with E-state index in [2.05, 4.69) is 4.98 Å². The van der Waals surface area contributed by atoms with Gasteiger partial charge in [-0.2, -0.15) is 5.26 Å². The Kier molecular flexibility index (Phi) is 3.77. The third kappa shape index (κ3) is 3.00. The van der Waals surface area contributed by atoms with Crippen LogP contribution >= 0.6 is 0 Å². The van der Waals surface area contributed by atoms with Crippen LogP contribution < -0.4 is 10.5 Å². The smallest absolute Gasteiger partial charge is 0.312 e. The topological polar surface area (TPSA) is 115 Å². The Morgan fingerprint density at radius 3 is 2.80 bits per heavy atom. The summed E-state index contributed by atoms with van der Waals surface area (Å²) < 4.78 is 5.39. The van der Waals surface area contributed by atoms with Gasteiger partial charge < -0.3 is 10.5 Å². The van der Waals surface area contributed by atoms with Gasteiger partial charge in [0.2, 0.25) is 0 Å². The molecule has 0 unspecified atom stereocenters. The van der Waals surface area contributed by atoms with E-state index in [4.69, 9.17) is 15.7 Å². The number of pyridine rings is 1. The fraction of sp³-hybridized carbons (Fsp3) is 0.0769. The first-order chi connectivity index (χ1) is 9.60. The zero-order valence-electron chi connectivity index (χ0n) is 10.3. The number of nitro benzene ring substituents is 1. The summed E-state index contributed by atoms with van der Waals surface area (Å²) in [7, 11) is 0. The van der Waals surface area contributed by atoms with Crippen LogP contribution in [-0.2, 0) is 6.61 Å². The maximum atomic E-state index is 10.9. The van der Waals surface area contributed by atoms with Gasteiger partial charge in [0, 0.05) is 17.8 Å². The third-order valence-corrected chi connectivity index (χ3v) is 2.53. The molecule has 2 N–H and O–H groups in total. The molecule has 7 heteroatoms. The number of benzene rings is 1. The molecule has 20 heavy (non-hydrogen) atoms. The molecule has 2 aromatic rings. The molecule has 0 aliphatic heterocycles. The number of nitrogens with zero attached hydrogens (tertiary/aromatic N) is 3. The van der Waals surface area contributed by atoms with Crippen molar-refractivity contribution in [1.82, 2.24) is 4.98 Å². The Morgan fingerprint density at radius 2 is 2.20 bits per heavy atom. The largest absolute Gasteiger partial charge is 0.482 e. The molecule has 1 aromatic carbocycles. The lowest BCUT2D eigenvalue weighted by molar-refractivity contribution is -0.386. The van der Waals surface area contributed by atoms with E-state index >= 15 is 0 Å². The molecule has 1 heterocycles. The van der Waals surface area contributed by atoms with E-state index in [-0.39, 0.29) is 23.6 Å². The van der Waals surface area contributed by atoms with Gasteiger partial charge in [-0.15, -0.1) is 0 Å². The average molecular weight is 270 g/mol. The summed E-state index contributed by atoms with van der Waals surface area (Å²) in [6.07, 6.45) is 1.53. The number of hydrogen-bond acceptors (Lipinski definition) is 6. The first-order valence-corrected chi connectivity index (χ1v) is 5.62. The fourth-order valence-corrected chi connectivity index (χ4v) is 1.53. The highest BCUT2D eigenvalue weighted by Crippen LogP contribution is 2.28. The van der Waals surface area contributed by atoms with Crippen LogP contribution in [0.25, 0.3) is 0 Å². The molecule has 0 saturated carbocycles. The van der Waals surface area contributed by atoms with Crippen LogP contribution in [0.15, 0.2) is 36.5 Å². The minimum absolute atomic E-state index is 0.103. The highest BCUT2D eigenvalue weighted by atomic mass is 16.6. The van der Waals surface area contributed by atoms with Crippen LogP contribution in [0.2, 0.25) is 0 Å². The highest BCUT2D eigenvalue weighted by molar-refractivity contribution is 5.51. The molecule has 0 aliphatic rings. The van der Waals surface area contributed by atoms with Crippen LogP contribution in [0.1, 0.15) is 11.1 Å². The Hall–Kier alpha value is -3.14. The first-order valence-electron chi connectivity index (χ1n) is 5.62. The Balaban J connectivity index is 2.19. The van der Waals surface area contributed by atoms with Crippen LogP contribution in [0.5, 0.6) is 5.75 Å². The van der Waals surface area contributed by atoms with Crippen molar-refractivity contribution in [3.63, 3.8) is 0 Å². The zero-order valence-corrected chi connectivity index (χ0v) is 10.3. The first kappa shape index (κ1) is 13.3. The maximum absolute atomic E-state index is 10.9. The number of nitrogen functional groups attached to an aromatic ring is 1. The Labute approximate surface area is 114 Å². The number of rotatable bonds is 4. The van der Waals surface area contributed by atoms with Gasteiger partial charge in [-0.1, -0.05) is 6.07 Å². The van der Waals surface area contributed by atoms with Crippen molar-refractivity contribution in [1.29, 1.82) is 5.26 Å². The van der Waals surface area contributed by atoms with Crippen molar-refractivity contribution >= 4 is 11.5 Å². The lowest BCUT2D eigenvalue weighted by Gasteiger charge is -2.07. The van der Waals surface area contributed by atoms with Gasteiger partial charge in [-0.3, -0.25) is 10.1 Å². The van der Waals surface area contributed by atoms with E-state index in [0.29, 0.717) is 5.82 Å². The SMILES string of the molecule is N#Cc1ccc(OCc2ccc(N)nc2)c([N+](=O)[O-])c1. The van der Waals surface area contributed by atoms with Crippen LogP contribution in [0.4, 0.5) is 11.5 Å². The average Bonchev–Trinajstić information content (AvgIpc) is 2.46. The number of anilines is 1. The van der Waals surface area contributed by atoms with Gasteiger partial charge in [0.15, 0.2) is 5.75 Å². The van der Waals surface area contributed by atoms with Crippen molar-refractivity contribution in [2.45, 2.75) is 6.61 Å². The lowest BCUT2D eigenvalue weighted by atomic mass is 10.2. The molecule has 0 saturated heterocycles. The number of hydrogen-bond donors (Lipinski definition) is 1. The monoisotopic (exact) mass is 270 g/mol. The van der Waals surface area contributed by atoms with E-state index in [1.165, 1.54) is 24.4 Å². The molecular weight excluding hydrogens is 260 g/mol. The molecule has 2 rings (SSSR count). The highest BCUT2D eigenvalue weighted by Gasteiger charge is 2.16. The number of ether oxygens (including phenoxy) is 1.